The highest BCUT2D eigenvalue weighted by atomic mass is 16.6. The summed E-state index contributed by atoms with van der Waals surface area (Å²) in [6.45, 7) is 13.4. The van der Waals surface area contributed by atoms with Gasteiger partial charge >= 0.3 is 6.09 Å². The van der Waals surface area contributed by atoms with Crippen LogP contribution in [0.3, 0.4) is 0 Å². The first-order chi connectivity index (χ1) is 10.5. The van der Waals surface area contributed by atoms with Crippen LogP contribution in [-0.2, 0) is 14.3 Å². The molecule has 2 amide bonds. The van der Waals surface area contributed by atoms with E-state index in [2.05, 4.69) is 19.2 Å². The van der Waals surface area contributed by atoms with Gasteiger partial charge in [-0.1, -0.05) is 13.8 Å². The summed E-state index contributed by atoms with van der Waals surface area (Å²) < 4.78 is 11.1. The van der Waals surface area contributed by atoms with Crippen molar-refractivity contribution in [1.82, 2.24) is 10.2 Å². The lowest BCUT2D eigenvalue weighted by molar-refractivity contribution is -0.131. The first-order valence-electron chi connectivity index (χ1n) is 8.39. The minimum atomic E-state index is -0.507. The van der Waals surface area contributed by atoms with Crippen LogP contribution in [0.4, 0.5) is 4.79 Å². The number of nitrogens with zero attached hydrogens (tertiary/aromatic N) is 1. The molecule has 1 unspecified atom stereocenters. The minimum absolute atomic E-state index is 0.0246. The standard InChI is InChI=1S/C17H32N2O4/c1-13(2)7-9-18-14(20)11-22-17(6)8-10-19(12-17)15(21)23-16(3,4)5/h13H,7-12H2,1-6H3,(H,18,20). The van der Waals surface area contributed by atoms with Crippen molar-refractivity contribution in [3.63, 3.8) is 0 Å². The third-order valence-electron chi connectivity index (χ3n) is 3.68. The van der Waals surface area contributed by atoms with E-state index in [0.29, 0.717) is 32.0 Å². The molecule has 0 radical (unpaired) electrons. The van der Waals surface area contributed by atoms with Crippen molar-refractivity contribution in [3.8, 4) is 0 Å². The van der Waals surface area contributed by atoms with Crippen LogP contribution in [-0.4, -0.2) is 54.3 Å². The van der Waals surface area contributed by atoms with Gasteiger partial charge < -0.3 is 19.7 Å². The van der Waals surface area contributed by atoms with Gasteiger partial charge in [0.1, 0.15) is 12.2 Å². The number of rotatable bonds is 6. The molecule has 1 saturated heterocycles. The van der Waals surface area contributed by atoms with Crippen molar-refractivity contribution in [2.45, 2.75) is 65.6 Å². The quantitative estimate of drug-likeness (QED) is 0.814. The molecule has 0 aromatic rings. The molecule has 1 N–H and O–H groups in total. The Morgan fingerprint density at radius 1 is 1.30 bits per heavy atom. The van der Waals surface area contributed by atoms with Crippen molar-refractivity contribution in [2.75, 3.05) is 26.2 Å². The summed E-state index contributed by atoms with van der Waals surface area (Å²) in [5, 5.41) is 2.85. The third-order valence-corrected chi connectivity index (χ3v) is 3.68. The molecule has 1 atom stereocenters. The normalized spacial score (nSPS) is 21.6. The number of likely N-dealkylation sites (tertiary alicyclic amines) is 1. The SMILES string of the molecule is CC(C)CCNC(=O)COC1(C)CCN(C(=O)OC(C)(C)C)C1. The number of hydrogen-bond acceptors (Lipinski definition) is 4. The van der Waals surface area contributed by atoms with E-state index < -0.39 is 11.2 Å². The molecule has 23 heavy (non-hydrogen) atoms. The Hall–Kier alpha value is -1.30. The second-order valence-electron chi connectivity index (χ2n) is 7.92. The molecule has 0 aliphatic carbocycles. The summed E-state index contributed by atoms with van der Waals surface area (Å²) in [5.41, 5.74) is -1.00. The van der Waals surface area contributed by atoms with Crippen LogP contribution in [0.2, 0.25) is 0 Å². The van der Waals surface area contributed by atoms with Crippen molar-refractivity contribution in [2.24, 2.45) is 5.92 Å². The molecule has 1 aliphatic rings. The van der Waals surface area contributed by atoms with Crippen molar-refractivity contribution < 1.29 is 19.1 Å². The van der Waals surface area contributed by atoms with Crippen molar-refractivity contribution in [1.29, 1.82) is 0 Å². The van der Waals surface area contributed by atoms with Gasteiger partial charge in [0, 0.05) is 13.1 Å². The molecule has 6 nitrogen and oxygen atoms in total. The predicted octanol–water partition coefficient (Wildman–Crippen LogP) is 2.56. The summed E-state index contributed by atoms with van der Waals surface area (Å²) in [6.07, 6.45) is 1.33. The Kier molecular flexibility index (Phi) is 6.86. The molecule has 0 saturated carbocycles. The monoisotopic (exact) mass is 328 g/mol. The number of hydrogen-bond donors (Lipinski definition) is 1. The Labute approximate surface area is 139 Å². The van der Waals surface area contributed by atoms with Crippen LogP contribution >= 0.6 is 0 Å². The van der Waals surface area contributed by atoms with Crippen molar-refractivity contribution >= 4 is 12.0 Å². The van der Waals surface area contributed by atoms with Gasteiger partial charge in [0.15, 0.2) is 0 Å². The Morgan fingerprint density at radius 2 is 1.96 bits per heavy atom. The molecule has 0 aromatic carbocycles. The smallest absolute Gasteiger partial charge is 0.410 e. The van der Waals surface area contributed by atoms with E-state index in [-0.39, 0.29) is 18.6 Å². The molecule has 1 aliphatic heterocycles. The van der Waals surface area contributed by atoms with Crippen LogP contribution in [0.1, 0.15) is 54.4 Å². The molecule has 0 aromatic heterocycles. The average molecular weight is 328 g/mol. The van der Waals surface area contributed by atoms with Gasteiger partial charge in [0.25, 0.3) is 0 Å². The Balaban J connectivity index is 2.35. The number of carbonyl (C=O) groups excluding carboxylic acids is 2. The zero-order valence-corrected chi connectivity index (χ0v) is 15.4. The molecule has 0 spiro atoms. The van der Waals surface area contributed by atoms with Gasteiger partial charge in [-0.2, -0.15) is 0 Å². The highest BCUT2D eigenvalue weighted by molar-refractivity contribution is 5.77. The van der Waals surface area contributed by atoms with Crippen LogP contribution in [0.15, 0.2) is 0 Å². The maximum atomic E-state index is 12.1. The van der Waals surface area contributed by atoms with Gasteiger partial charge in [-0.3, -0.25) is 4.79 Å². The molecule has 1 heterocycles. The van der Waals surface area contributed by atoms with E-state index >= 15 is 0 Å². The molecule has 1 rings (SSSR count). The van der Waals surface area contributed by atoms with E-state index in [4.69, 9.17) is 9.47 Å². The molecule has 134 valence electrons. The maximum Gasteiger partial charge on any atom is 0.410 e. The van der Waals surface area contributed by atoms with E-state index in [1.807, 2.05) is 27.7 Å². The zero-order chi connectivity index (χ0) is 17.7. The highest BCUT2D eigenvalue weighted by Gasteiger charge is 2.39. The lowest BCUT2D eigenvalue weighted by atomic mass is 10.1. The molecule has 1 fully saturated rings. The van der Waals surface area contributed by atoms with Crippen molar-refractivity contribution in [3.05, 3.63) is 0 Å². The number of nitrogens with one attached hydrogen (secondary N) is 1. The number of ether oxygens (including phenoxy) is 2. The maximum absolute atomic E-state index is 12.1. The molecular weight excluding hydrogens is 296 g/mol. The summed E-state index contributed by atoms with van der Waals surface area (Å²) in [4.78, 5) is 25.5. The van der Waals surface area contributed by atoms with E-state index in [1.54, 1.807) is 4.90 Å². The first kappa shape index (κ1) is 19.7. The van der Waals surface area contributed by atoms with Gasteiger partial charge in [-0.05, 0) is 46.5 Å². The molecular formula is C17H32N2O4. The van der Waals surface area contributed by atoms with Gasteiger partial charge in [-0.25, -0.2) is 4.79 Å². The van der Waals surface area contributed by atoms with Gasteiger partial charge in [0.05, 0.1) is 12.1 Å². The summed E-state index contributed by atoms with van der Waals surface area (Å²) in [6, 6.07) is 0. The predicted molar refractivity (Wildman–Crippen MR) is 89.2 cm³/mol. The highest BCUT2D eigenvalue weighted by Crippen LogP contribution is 2.26. The van der Waals surface area contributed by atoms with Crippen LogP contribution in [0.25, 0.3) is 0 Å². The van der Waals surface area contributed by atoms with Crippen LogP contribution in [0.5, 0.6) is 0 Å². The fourth-order valence-corrected chi connectivity index (χ4v) is 2.32. The average Bonchev–Trinajstić information content (AvgIpc) is 2.78. The second-order valence-corrected chi connectivity index (χ2v) is 7.92. The fraction of sp³-hybridized carbons (Fsp3) is 0.882. The molecule has 6 heteroatoms. The summed E-state index contributed by atoms with van der Waals surface area (Å²) in [5.74, 6) is 0.452. The second kappa shape index (κ2) is 7.99. The summed E-state index contributed by atoms with van der Waals surface area (Å²) >= 11 is 0. The van der Waals surface area contributed by atoms with E-state index in [0.717, 1.165) is 6.42 Å². The Morgan fingerprint density at radius 3 is 2.52 bits per heavy atom. The topological polar surface area (TPSA) is 67.9 Å². The number of amides is 2. The minimum Gasteiger partial charge on any atom is -0.444 e. The van der Waals surface area contributed by atoms with Crippen LogP contribution in [0, 0.1) is 5.92 Å². The van der Waals surface area contributed by atoms with E-state index in [9.17, 15) is 9.59 Å². The van der Waals surface area contributed by atoms with Crippen LogP contribution < -0.4 is 5.32 Å². The lowest BCUT2D eigenvalue weighted by Crippen LogP contribution is -2.41. The van der Waals surface area contributed by atoms with E-state index in [1.165, 1.54) is 0 Å². The third kappa shape index (κ3) is 7.68. The number of carbonyl (C=O) groups is 2. The fourth-order valence-electron chi connectivity index (χ4n) is 2.32. The lowest BCUT2D eigenvalue weighted by Gasteiger charge is -2.27. The van der Waals surface area contributed by atoms with Gasteiger partial charge in [-0.15, -0.1) is 0 Å². The zero-order valence-electron chi connectivity index (χ0n) is 15.4. The van der Waals surface area contributed by atoms with Gasteiger partial charge in [0.2, 0.25) is 5.91 Å². The molecule has 0 bridgehead atoms. The summed E-state index contributed by atoms with van der Waals surface area (Å²) in [7, 11) is 0. The Bertz CT molecular complexity index is 417. The first-order valence-corrected chi connectivity index (χ1v) is 8.39. The largest absolute Gasteiger partial charge is 0.444 e.